The second kappa shape index (κ2) is 4.21. The molecule has 0 aromatic carbocycles. The highest BCUT2D eigenvalue weighted by atomic mass is 16.6. The molecule has 0 saturated carbocycles. The van der Waals surface area contributed by atoms with E-state index >= 15 is 0 Å². The van der Waals surface area contributed by atoms with Gasteiger partial charge >= 0.3 is 0 Å². The van der Waals surface area contributed by atoms with E-state index < -0.39 is 0 Å². The summed E-state index contributed by atoms with van der Waals surface area (Å²) in [6.45, 7) is 5.35. The summed E-state index contributed by atoms with van der Waals surface area (Å²) in [6, 6.07) is 1.03. The fourth-order valence-electron chi connectivity index (χ4n) is 1.74. The van der Waals surface area contributed by atoms with E-state index in [0.29, 0.717) is 24.1 Å². The van der Waals surface area contributed by atoms with E-state index in [1.54, 1.807) is 0 Å². The molecule has 2 N–H and O–H groups in total. The SMILES string of the molecule is CNC(C)C(C(C)NC)C1CO1. The van der Waals surface area contributed by atoms with Gasteiger partial charge in [0.15, 0.2) is 0 Å². The van der Waals surface area contributed by atoms with Crippen LogP contribution in [0.2, 0.25) is 0 Å². The van der Waals surface area contributed by atoms with Crippen molar-refractivity contribution in [3.8, 4) is 0 Å². The van der Waals surface area contributed by atoms with Crippen LogP contribution < -0.4 is 10.6 Å². The first-order valence-corrected chi connectivity index (χ1v) is 4.66. The predicted molar refractivity (Wildman–Crippen MR) is 50.3 cm³/mol. The minimum atomic E-state index is 0.467. The Bertz CT molecular complexity index is 126. The summed E-state index contributed by atoms with van der Waals surface area (Å²) in [5, 5.41) is 6.56. The summed E-state index contributed by atoms with van der Waals surface area (Å²) >= 11 is 0. The number of rotatable bonds is 5. The van der Waals surface area contributed by atoms with Gasteiger partial charge in [-0.3, -0.25) is 0 Å². The molecule has 0 bridgehead atoms. The van der Waals surface area contributed by atoms with E-state index in [1.165, 1.54) is 0 Å². The first-order valence-electron chi connectivity index (χ1n) is 4.66. The number of hydrogen-bond acceptors (Lipinski definition) is 3. The van der Waals surface area contributed by atoms with Crippen molar-refractivity contribution in [1.82, 2.24) is 10.6 Å². The highest BCUT2D eigenvalue weighted by molar-refractivity contribution is 4.91. The van der Waals surface area contributed by atoms with Crippen LogP contribution in [0.25, 0.3) is 0 Å². The smallest absolute Gasteiger partial charge is 0.0867 e. The van der Waals surface area contributed by atoms with Gasteiger partial charge in [0.2, 0.25) is 0 Å². The lowest BCUT2D eigenvalue weighted by Crippen LogP contribution is -2.45. The van der Waals surface area contributed by atoms with Crippen LogP contribution in [-0.2, 0) is 4.74 Å². The highest BCUT2D eigenvalue weighted by Crippen LogP contribution is 2.25. The molecule has 3 nitrogen and oxygen atoms in total. The maximum Gasteiger partial charge on any atom is 0.0867 e. The maximum absolute atomic E-state index is 5.34. The quantitative estimate of drug-likeness (QED) is 0.582. The molecule has 0 spiro atoms. The van der Waals surface area contributed by atoms with Gasteiger partial charge in [-0.1, -0.05) is 0 Å². The normalized spacial score (nSPS) is 29.5. The first kappa shape index (κ1) is 9.96. The predicted octanol–water partition coefficient (Wildman–Crippen LogP) is 0.217. The second-order valence-corrected chi connectivity index (χ2v) is 3.60. The fraction of sp³-hybridized carbons (Fsp3) is 1.00. The van der Waals surface area contributed by atoms with Gasteiger partial charge in [0.1, 0.15) is 0 Å². The minimum Gasteiger partial charge on any atom is -0.373 e. The molecule has 3 atom stereocenters. The van der Waals surface area contributed by atoms with Crippen LogP contribution in [0.5, 0.6) is 0 Å². The third-order valence-corrected chi connectivity index (χ3v) is 2.85. The van der Waals surface area contributed by atoms with Gasteiger partial charge in [0.25, 0.3) is 0 Å². The van der Waals surface area contributed by atoms with Gasteiger partial charge < -0.3 is 15.4 Å². The summed E-state index contributed by atoms with van der Waals surface area (Å²) in [5.74, 6) is 0.583. The Labute approximate surface area is 74.9 Å². The van der Waals surface area contributed by atoms with Crippen molar-refractivity contribution in [3.63, 3.8) is 0 Å². The minimum absolute atomic E-state index is 0.467. The summed E-state index contributed by atoms with van der Waals surface area (Å²) in [6.07, 6.45) is 0.467. The van der Waals surface area contributed by atoms with E-state index in [9.17, 15) is 0 Å². The molecule has 3 heteroatoms. The molecule has 12 heavy (non-hydrogen) atoms. The monoisotopic (exact) mass is 172 g/mol. The molecule has 72 valence electrons. The van der Waals surface area contributed by atoms with E-state index in [-0.39, 0.29) is 0 Å². The molecule has 1 rings (SSSR count). The molecule has 1 saturated heterocycles. The number of epoxide rings is 1. The summed E-state index contributed by atoms with van der Waals surface area (Å²) in [4.78, 5) is 0. The van der Waals surface area contributed by atoms with Crippen molar-refractivity contribution in [2.24, 2.45) is 5.92 Å². The van der Waals surface area contributed by atoms with Crippen LogP contribution in [-0.4, -0.2) is 38.9 Å². The summed E-state index contributed by atoms with van der Waals surface area (Å²) in [5.41, 5.74) is 0. The van der Waals surface area contributed by atoms with Crippen molar-refractivity contribution >= 4 is 0 Å². The molecular formula is C9H20N2O. The Morgan fingerprint density at radius 1 is 1.17 bits per heavy atom. The molecule has 1 aliphatic rings. The summed E-state index contributed by atoms with van der Waals surface area (Å²) in [7, 11) is 4.00. The maximum atomic E-state index is 5.34. The molecule has 3 unspecified atom stereocenters. The van der Waals surface area contributed by atoms with Crippen molar-refractivity contribution in [3.05, 3.63) is 0 Å². The van der Waals surface area contributed by atoms with Gasteiger partial charge in [-0.05, 0) is 27.9 Å². The first-order chi connectivity index (χ1) is 5.70. The summed E-state index contributed by atoms with van der Waals surface area (Å²) < 4.78 is 5.34. The average molecular weight is 172 g/mol. The molecule has 1 aliphatic heterocycles. The van der Waals surface area contributed by atoms with Gasteiger partial charge in [0, 0.05) is 18.0 Å². The van der Waals surface area contributed by atoms with Crippen LogP contribution in [0, 0.1) is 5.92 Å². The van der Waals surface area contributed by atoms with Crippen LogP contribution in [0.4, 0.5) is 0 Å². The third-order valence-electron chi connectivity index (χ3n) is 2.85. The molecule has 0 aromatic heterocycles. The Morgan fingerprint density at radius 3 is 1.83 bits per heavy atom. The standard InChI is InChI=1S/C9H20N2O/c1-6(10-3)9(7(2)11-4)8-5-12-8/h6-11H,5H2,1-4H3. The zero-order chi connectivity index (χ0) is 9.14. The molecule has 0 aliphatic carbocycles. The molecular weight excluding hydrogens is 152 g/mol. The van der Waals surface area contributed by atoms with E-state index in [0.717, 1.165) is 6.61 Å². The zero-order valence-electron chi connectivity index (χ0n) is 8.42. The average Bonchev–Trinajstić information content (AvgIpc) is 2.88. The highest BCUT2D eigenvalue weighted by Gasteiger charge is 2.38. The lowest BCUT2D eigenvalue weighted by Gasteiger charge is -2.27. The van der Waals surface area contributed by atoms with Crippen molar-refractivity contribution in [2.45, 2.75) is 32.0 Å². The van der Waals surface area contributed by atoms with Crippen LogP contribution in [0.3, 0.4) is 0 Å². The lowest BCUT2D eigenvalue weighted by molar-refractivity contribution is 0.237. The van der Waals surface area contributed by atoms with E-state index in [1.807, 2.05) is 14.1 Å². The third kappa shape index (κ3) is 2.19. The number of nitrogens with one attached hydrogen (secondary N) is 2. The van der Waals surface area contributed by atoms with Crippen LogP contribution in [0.15, 0.2) is 0 Å². The van der Waals surface area contributed by atoms with Crippen molar-refractivity contribution < 1.29 is 4.74 Å². The van der Waals surface area contributed by atoms with Gasteiger partial charge in [-0.2, -0.15) is 0 Å². The second-order valence-electron chi connectivity index (χ2n) is 3.60. The Balaban J connectivity index is 2.47. The van der Waals surface area contributed by atoms with Crippen molar-refractivity contribution in [2.75, 3.05) is 20.7 Å². The van der Waals surface area contributed by atoms with E-state index in [2.05, 4.69) is 24.5 Å². The van der Waals surface area contributed by atoms with Gasteiger partial charge in [0.05, 0.1) is 12.7 Å². The van der Waals surface area contributed by atoms with Crippen molar-refractivity contribution in [1.29, 1.82) is 0 Å². The Morgan fingerprint density at radius 2 is 1.58 bits per heavy atom. The zero-order valence-corrected chi connectivity index (χ0v) is 8.42. The van der Waals surface area contributed by atoms with Gasteiger partial charge in [-0.25, -0.2) is 0 Å². The molecule has 1 fully saturated rings. The molecule has 1 heterocycles. The topological polar surface area (TPSA) is 36.6 Å². The molecule has 0 amide bonds. The Kier molecular flexibility index (Phi) is 3.50. The Hall–Kier alpha value is -0.120. The van der Waals surface area contributed by atoms with E-state index in [4.69, 9.17) is 4.74 Å². The van der Waals surface area contributed by atoms with Crippen LogP contribution in [0.1, 0.15) is 13.8 Å². The molecule has 0 aromatic rings. The largest absolute Gasteiger partial charge is 0.373 e. The van der Waals surface area contributed by atoms with Crippen LogP contribution >= 0.6 is 0 Å². The fourth-order valence-corrected chi connectivity index (χ4v) is 1.74. The van der Waals surface area contributed by atoms with Gasteiger partial charge in [-0.15, -0.1) is 0 Å². The number of ether oxygens (including phenoxy) is 1. The molecule has 0 radical (unpaired) electrons. The number of hydrogen-bond donors (Lipinski definition) is 2. The lowest BCUT2D eigenvalue weighted by atomic mass is 9.91.